The van der Waals surface area contributed by atoms with E-state index in [9.17, 15) is 4.79 Å². The van der Waals surface area contributed by atoms with Crippen molar-refractivity contribution < 1.29 is 23.7 Å². The van der Waals surface area contributed by atoms with Crippen molar-refractivity contribution in [1.29, 1.82) is 0 Å². The maximum Gasteiger partial charge on any atom is 0.216 e. The zero-order valence-corrected chi connectivity index (χ0v) is 24.4. The molecule has 0 saturated carbocycles. The Hall–Kier alpha value is -4.56. The van der Waals surface area contributed by atoms with Gasteiger partial charge in [-0.25, -0.2) is 0 Å². The van der Waals surface area contributed by atoms with Crippen molar-refractivity contribution in [2.75, 3.05) is 26.3 Å². The second-order valence-corrected chi connectivity index (χ2v) is 10.3. The summed E-state index contributed by atoms with van der Waals surface area (Å²) in [7, 11) is 0. The molecule has 0 bridgehead atoms. The van der Waals surface area contributed by atoms with Crippen LogP contribution in [0.1, 0.15) is 34.7 Å². The number of fused-ring (bicyclic) bond motifs is 1. The summed E-state index contributed by atoms with van der Waals surface area (Å²) in [4.78, 5) is 15.4. The summed E-state index contributed by atoms with van der Waals surface area (Å²) in [6.07, 6.45) is 3.55. The fraction of sp³-hybridized carbons (Fsp3) is 0.294. The molecule has 0 radical (unpaired) electrons. The lowest BCUT2D eigenvalue weighted by Crippen LogP contribution is -2.30. The molecule has 4 aromatic rings. The summed E-state index contributed by atoms with van der Waals surface area (Å²) in [5.74, 6) is 3.03. The van der Waals surface area contributed by atoms with E-state index < -0.39 is 0 Å². The van der Waals surface area contributed by atoms with Gasteiger partial charge in [-0.05, 0) is 65.9 Å². The number of rotatable bonds is 12. The first-order valence-corrected chi connectivity index (χ1v) is 14.2. The highest BCUT2D eigenvalue weighted by Crippen LogP contribution is 2.36. The van der Waals surface area contributed by atoms with E-state index in [4.69, 9.17) is 18.9 Å². The number of pyridine rings is 1. The first-order chi connectivity index (χ1) is 20.5. The van der Waals surface area contributed by atoms with Crippen molar-refractivity contribution in [3.05, 3.63) is 101 Å². The zero-order chi connectivity index (χ0) is 29.3. The molecule has 0 fully saturated rings. The second kappa shape index (κ2) is 13.9. The van der Waals surface area contributed by atoms with Gasteiger partial charge < -0.3 is 29.6 Å². The number of benzene rings is 3. The Labute approximate surface area is 247 Å². The van der Waals surface area contributed by atoms with Crippen molar-refractivity contribution in [1.82, 2.24) is 15.6 Å². The molecule has 8 heteroatoms. The Bertz CT molecular complexity index is 1520. The zero-order valence-electron chi connectivity index (χ0n) is 24.4. The summed E-state index contributed by atoms with van der Waals surface area (Å²) in [6.45, 7) is 9.43. The van der Waals surface area contributed by atoms with Crippen LogP contribution in [-0.2, 0) is 24.6 Å². The van der Waals surface area contributed by atoms with E-state index in [1.807, 2.05) is 37.3 Å². The van der Waals surface area contributed by atoms with Gasteiger partial charge in [0.25, 0.3) is 0 Å². The molecule has 3 aromatic carbocycles. The third-order valence-corrected chi connectivity index (χ3v) is 7.15. The van der Waals surface area contributed by atoms with Gasteiger partial charge in [0.15, 0.2) is 11.5 Å². The van der Waals surface area contributed by atoms with Gasteiger partial charge >= 0.3 is 0 Å². The van der Waals surface area contributed by atoms with Crippen molar-refractivity contribution in [3.63, 3.8) is 0 Å². The minimum absolute atomic E-state index is 0.0401. The van der Waals surface area contributed by atoms with E-state index in [2.05, 4.69) is 52.9 Å². The number of carbonyl (C=O) groups excluding carboxylic acids is 1. The molecule has 5 rings (SSSR count). The number of hydrogen-bond donors (Lipinski definition) is 2. The highest BCUT2D eigenvalue weighted by atomic mass is 16.6. The topological polar surface area (TPSA) is 90.9 Å². The molecule has 0 spiro atoms. The number of nitrogens with zero attached hydrogens (tertiary/aromatic N) is 1. The summed E-state index contributed by atoms with van der Waals surface area (Å²) in [5, 5.41) is 6.19. The molecule has 2 heterocycles. The maximum atomic E-state index is 11.2. The van der Waals surface area contributed by atoms with Crippen molar-refractivity contribution >= 4 is 5.91 Å². The predicted octanol–water partition coefficient (Wildman–Crippen LogP) is 5.52. The van der Waals surface area contributed by atoms with E-state index >= 15 is 0 Å². The van der Waals surface area contributed by atoms with Gasteiger partial charge in [-0.15, -0.1) is 0 Å². The molecule has 2 N–H and O–H groups in total. The Morgan fingerprint density at radius 1 is 0.881 bits per heavy atom. The van der Waals surface area contributed by atoms with Crippen molar-refractivity contribution in [2.45, 2.75) is 40.5 Å². The van der Waals surface area contributed by atoms with Gasteiger partial charge in [-0.3, -0.25) is 9.78 Å². The van der Waals surface area contributed by atoms with Gasteiger partial charge in [0.2, 0.25) is 5.91 Å². The smallest absolute Gasteiger partial charge is 0.216 e. The molecule has 0 saturated heterocycles. The van der Waals surface area contributed by atoms with E-state index in [1.54, 1.807) is 12.4 Å². The van der Waals surface area contributed by atoms with Gasteiger partial charge in [0, 0.05) is 56.1 Å². The van der Waals surface area contributed by atoms with E-state index in [0.717, 1.165) is 61.9 Å². The van der Waals surface area contributed by atoms with Crippen LogP contribution in [0.15, 0.2) is 73.1 Å². The number of amides is 1. The van der Waals surface area contributed by atoms with Crippen LogP contribution in [0.25, 0.3) is 11.1 Å². The Balaban J connectivity index is 1.32. The number of carbonyl (C=O) groups is 1. The van der Waals surface area contributed by atoms with Gasteiger partial charge in [-0.2, -0.15) is 0 Å². The molecule has 218 valence electrons. The largest absolute Gasteiger partial charge is 0.488 e. The molecule has 0 aliphatic carbocycles. The van der Waals surface area contributed by atoms with Gasteiger partial charge in [0.1, 0.15) is 37.9 Å². The number of hydrogen-bond acceptors (Lipinski definition) is 7. The number of ether oxygens (including phenoxy) is 4. The van der Waals surface area contributed by atoms with Gasteiger partial charge in [-0.1, -0.05) is 30.3 Å². The first-order valence-electron chi connectivity index (χ1n) is 14.2. The highest BCUT2D eigenvalue weighted by Gasteiger charge is 2.15. The summed E-state index contributed by atoms with van der Waals surface area (Å²) >= 11 is 0. The normalized spacial score (nSPS) is 12.1. The second-order valence-electron chi connectivity index (χ2n) is 10.3. The molecule has 42 heavy (non-hydrogen) atoms. The molecule has 0 unspecified atom stereocenters. The molecule has 1 aliphatic heterocycles. The average molecular weight is 568 g/mol. The molecule has 8 nitrogen and oxygen atoms in total. The van der Waals surface area contributed by atoms with E-state index in [-0.39, 0.29) is 5.91 Å². The Kier molecular flexibility index (Phi) is 9.56. The summed E-state index contributed by atoms with van der Waals surface area (Å²) in [5.41, 5.74) is 7.48. The lowest BCUT2D eigenvalue weighted by atomic mass is 9.96. The van der Waals surface area contributed by atoms with Crippen LogP contribution >= 0.6 is 0 Å². The number of aryl methyl sites for hydroxylation is 1. The summed E-state index contributed by atoms with van der Waals surface area (Å²) in [6, 6.07) is 20.3. The fourth-order valence-corrected chi connectivity index (χ4v) is 4.87. The van der Waals surface area contributed by atoms with Crippen LogP contribution < -0.4 is 29.6 Å². The van der Waals surface area contributed by atoms with Crippen LogP contribution in [0.3, 0.4) is 0 Å². The fourth-order valence-electron chi connectivity index (χ4n) is 4.87. The third kappa shape index (κ3) is 7.39. The van der Waals surface area contributed by atoms with Crippen LogP contribution in [0.2, 0.25) is 0 Å². The molecular weight excluding hydrogens is 530 g/mol. The van der Waals surface area contributed by atoms with Crippen LogP contribution in [-0.4, -0.2) is 37.2 Å². The Morgan fingerprint density at radius 2 is 1.71 bits per heavy atom. The quantitative estimate of drug-likeness (QED) is 0.218. The van der Waals surface area contributed by atoms with E-state index in [0.29, 0.717) is 46.1 Å². The van der Waals surface area contributed by atoms with Gasteiger partial charge in [0.05, 0.1) is 0 Å². The van der Waals surface area contributed by atoms with Crippen LogP contribution in [0.4, 0.5) is 0 Å². The first kappa shape index (κ1) is 29.0. The van der Waals surface area contributed by atoms with Crippen molar-refractivity contribution in [3.8, 4) is 34.1 Å². The monoisotopic (exact) mass is 567 g/mol. The predicted molar refractivity (Wildman–Crippen MR) is 162 cm³/mol. The molecule has 1 aliphatic rings. The van der Waals surface area contributed by atoms with E-state index in [1.165, 1.54) is 6.92 Å². The van der Waals surface area contributed by atoms with Crippen LogP contribution in [0.5, 0.6) is 23.0 Å². The SMILES string of the molecule is CC(=O)NCCNCc1cc(C)c(OCc2cccc(-c3ccc4c(c3)OCCO4)c2C)cc1OCc1cccnc1. The molecule has 0 atom stereocenters. The highest BCUT2D eigenvalue weighted by molar-refractivity contribution is 5.73. The minimum atomic E-state index is -0.0401. The molecule has 1 amide bonds. The van der Waals surface area contributed by atoms with Crippen LogP contribution in [0, 0.1) is 13.8 Å². The standard InChI is InChI=1S/C34H37N3O5/c1-23-16-29(20-36-12-13-37-25(3)38)33(41-21-26-6-5-11-35-19-26)18-32(23)42-22-28-7-4-8-30(24(28)2)27-9-10-31-34(17-27)40-15-14-39-31/h4-11,16-19,36H,12-15,20-22H2,1-3H3,(H,37,38). The van der Waals surface area contributed by atoms with Crippen molar-refractivity contribution in [2.24, 2.45) is 0 Å². The molecule has 1 aromatic heterocycles. The number of nitrogens with one attached hydrogen (secondary N) is 2. The lowest BCUT2D eigenvalue weighted by Gasteiger charge is -2.20. The lowest BCUT2D eigenvalue weighted by molar-refractivity contribution is -0.118. The Morgan fingerprint density at radius 3 is 2.52 bits per heavy atom. The summed E-state index contributed by atoms with van der Waals surface area (Å²) < 4.78 is 24.2. The third-order valence-electron chi connectivity index (χ3n) is 7.15. The number of aromatic nitrogens is 1. The average Bonchev–Trinajstić information content (AvgIpc) is 3.00. The maximum absolute atomic E-state index is 11.2. The minimum Gasteiger partial charge on any atom is -0.488 e. The molecular formula is C34H37N3O5.